The Labute approximate surface area is 175 Å². The average molecular weight is 400 g/mol. The summed E-state index contributed by atoms with van der Waals surface area (Å²) < 4.78 is 3.95. The Bertz CT molecular complexity index is 1170. The summed E-state index contributed by atoms with van der Waals surface area (Å²) in [5.41, 5.74) is 4.65. The van der Waals surface area contributed by atoms with Gasteiger partial charge in [0.1, 0.15) is 5.65 Å². The average Bonchev–Trinajstić information content (AvgIpc) is 3.38. The number of para-hydroxylation sites is 1. The Morgan fingerprint density at radius 3 is 2.53 bits per heavy atom. The summed E-state index contributed by atoms with van der Waals surface area (Å²) in [5.74, 6) is 0.0594. The number of amides is 1. The van der Waals surface area contributed by atoms with Crippen molar-refractivity contribution in [1.82, 2.24) is 29.0 Å². The van der Waals surface area contributed by atoms with E-state index in [2.05, 4.69) is 19.4 Å². The van der Waals surface area contributed by atoms with E-state index in [0.29, 0.717) is 18.7 Å². The molecule has 0 bridgehead atoms. The van der Waals surface area contributed by atoms with Crippen molar-refractivity contribution >= 4 is 11.6 Å². The molecule has 1 saturated heterocycles. The first-order chi connectivity index (χ1) is 14.7. The molecule has 1 fully saturated rings. The van der Waals surface area contributed by atoms with Crippen LogP contribution in [-0.4, -0.2) is 61.1 Å². The fourth-order valence-electron chi connectivity index (χ4n) is 4.06. The number of rotatable bonds is 4. The van der Waals surface area contributed by atoms with Gasteiger partial charge in [0.2, 0.25) is 0 Å². The number of fused-ring (bicyclic) bond motifs is 1. The molecule has 1 aliphatic heterocycles. The van der Waals surface area contributed by atoms with Crippen LogP contribution in [0.2, 0.25) is 0 Å². The summed E-state index contributed by atoms with van der Waals surface area (Å²) in [7, 11) is 0. The zero-order chi connectivity index (χ0) is 20.5. The van der Waals surface area contributed by atoms with E-state index in [4.69, 9.17) is 0 Å². The third kappa shape index (κ3) is 3.37. The van der Waals surface area contributed by atoms with Gasteiger partial charge in [0, 0.05) is 38.9 Å². The Morgan fingerprint density at radius 2 is 1.73 bits per heavy atom. The standard InChI is InChI=1S/C23H24N6O/c1-18-21(16-25-29(18)19-7-3-2-4-8-19)23(30)27-13-11-26(12-14-27)17-20-15-24-22-9-5-6-10-28(20)22/h2-10,15-16H,11-14,17H2,1H3. The minimum atomic E-state index is 0.0594. The Hall–Kier alpha value is -3.45. The lowest BCUT2D eigenvalue weighted by Crippen LogP contribution is -2.48. The van der Waals surface area contributed by atoms with Crippen LogP contribution in [0.15, 0.2) is 67.1 Å². The van der Waals surface area contributed by atoms with Crippen molar-refractivity contribution in [2.24, 2.45) is 0 Å². The van der Waals surface area contributed by atoms with Crippen LogP contribution >= 0.6 is 0 Å². The lowest BCUT2D eigenvalue weighted by Gasteiger charge is -2.34. The van der Waals surface area contributed by atoms with E-state index in [1.54, 1.807) is 6.20 Å². The summed E-state index contributed by atoms with van der Waals surface area (Å²) in [5, 5.41) is 4.44. The third-order valence-electron chi connectivity index (χ3n) is 5.78. The molecule has 1 aromatic carbocycles. The van der Waals surface area contributed by atoms with Crippen LogP contribution < -0.4 is 0 Å². The van der Waals surface area contributed by atoms with Crippen LogP contribution in [0, 0.1) is 6.92 Å². The van der Waals surface area contributed by atoms with Gasteiger partial charge >= 0.3 is 0 Å². The topological polar surface area (TPSA) is 58.7 Å². The fourth-order valence-corrected chi connectivity index (χ4v) is 4.06. The molecule has 4 aromatic rings. The molecule has 7 heteroatoms. The number of piperazine rings is 1. The van der Waals surface area contributed by atoms with Crippen molar-refractivity contribution < 1.29 is 4.79 Å². The van der Waals surface area contributed by atoms with Crippen LogP contribution in [0.3, 0.4) is 0 Å². The van der Waals surface area contributed by atoms with E-state index in [0.717, 1.165) is 36.7 Å². The molecule has 0 atom stereocenters. The summed E-state index contributed by atoms with van der Waals surface area (Å²) in [6, 6.07) is 15.9. The van der Waals surface area contributed by atoms with Crippen molar-refractivity contribution in [3.63, 3.8) is 0 Å². The van der Waals surface area contributed by atoms with Gasteiger partial charge in [0.05, 0.1) is 35.0 Å². The van der Waals surface area contributed by atoms with Crippen LogP contribution in [0.5, 0.6) is 0 Å². The molecule has 4 heterocycles. The van der Waals surface area contributed by atoms with Crippen molar-refractivity contribution in [1.29, 1.82) is 0 Å². The van der Waals surface area contributed by atoms with E-state index in [1.807, 2.05) is 77.4 Å². The largest absolute Gasteiger partial charge is 0.336 e. The number of nitrogens with zero attached hydrogens (tertiary/aromatic N) is 6. The first-order valence-corrected chi connectivity index (χ1v) is 10.2. The second-order valence-electron chi connectivity index (χ2n) is 7.64. The van der Waals surface area contributed by atoms with Gasteiger partial charge in [0.25, 0.3) is 5.91 Å². The molecule has 0 saturated carbocycles. The van der Waals surface area contributed by atoms with Gasteiger partial charge in [-0.3, -0.25) is 9.69 Å². The van der Waals surface area contributed by atoms with Gasteiger partial charge in [-0.1, -0.05) is 24.3 Å². The fraction of sp³-hybridized carbons (Fsp3) is 0.261. The minimum Gasteiger partial charge on any atom is -0.336 e. The number of pyridine rings is 1. The summed E-state index contributed by atoms with van der Waals surface area (Å²) in [6.45, 7) is 5.90. The first kappa shape index (κ1) is 18.6. The SMILES string of the molecule is Cc1c(C(=O)N2CCN(Cc3cnc4ccccn34)CC2)cnn1-c1ccccc1. The van der Waals surface area contributed by atoms with Gasteiger partial charge < -0.3 is 9.30 Å². The van der Waals surface area contributed by atoms with Gasteiger partial charge in [0.15, 0.2) is 0 Å². The molecule has 0 unspecified atom stereocenters. The van der Waals surface area contributed by atoms with Crippen molar-refractivity contribution in [2.45, 2.75) is 13.5 Å². The van der Waals surface area contributed by atoms with Crippen LogP contribution in [0.4, 0.5) is 0 Å². The highest BCUT2D eigenvalue weighted by Gasteiger charge is 2.25. The first-order valence-electron chi connectivity index (χ1n) is 10.2. The number of benzene rings is 1. The van der Waals surface area contributed by atoms with Crippen LogP contribution in [-0.2, 0) is 6.54 Å². The third-order valence-corrected chi connectivity index (χ3v) is 5.78. The molecule has 0 N–H and O–H groups in total. The van der Waals surface area contributed by atoms with Crippen molar-refractivity contribution in [3.8, 4) is 5.69 Å². The van der Waals surface area contributed by atoms with Gasteiger partial charge in [-0.25, -0.2) is 9.67 Å². The van der Waals surface area contributed by atoms with Crippen molar-refractivity contribution in [2.75, 3.05) is 26.2 Å². The second kappa shape index (κ2) is 7.76. The molecule has 0 spiro atoms. The highest BCUT2D eigenvalue weighted by Crippen LogP contribution is 2.17. The highest BCUT2D eigenvalue weighted by atomic mass is 16.2. The molecule has 7 nitrogen and oxygen atoms in total. The quantitative estimate of drug-likeness (QED) is 0.529. The van der Waals surface area contributed by atoms with E-state index in [1.165, 1.54) is 5.69 Å². The summed E-state index contributed by atoms with van der Waals surface area (Å²) in [4.78, 5) is 21.9. The van der Waals surface area contributed by atoms with Crippen LogP contribution in [0.25, 0.3) is 11.3 Å². The van der Waals surface area contributed by atoms with Gasteiger partial charge in [-0.2, -0.15) is 5.10 Å². The van der Waals surface area contributed by atoms with Crippen molar-refractivity contribution in [3.05, 3.63) is 84.1 Å². The number of hydrogen-bond donors (Lipinski definition) is 0. The molecule has 30 heavy (non-hydrogen) atoms. The second-order valence-corrected chi connectivity index (χ2v) is 7.64. The smallest absolute Gasteiger partial charge is 0.257 e. The number of carbonyl (C=O) groups excluding carboxylic acids is 1. The maximum absolute atomic E-state index is 13.1. The van der Waals surface area contributed by atoms with Gasteiger partial charge in [-0.05, 0) is 31.2 Å². The molecule has 1 amide bonds. The number of imidazole rings is 1. The zero-order valence-corrected chi connectivity index (χ0v) is 17.0. The predicted octanol–water partition coefficient (Wildman–Crippen LogP) is 2.79. The van der Waals surface area contributed by atoms with E-state index < -0.39 is 0 Å². The molecule has 0 radical (unpaired) electrons. The minimum absolute atomic E-state index is 0.0594. The number of carbonyl (C=O) groups is 1. The lowest BCUT2D eigenvalue weighted by atomic mass is 10.2. The molecule has 0 aliphatic carbocycles. The summed E-state index contributed by atoms with van der Waals surface area (Å²) in [6.07, 6.45) is 5.67. The number of hydrogen-bond acceptors (Lipinski definition) is 4. The molecule has 1 aliphatic rings. The lowest BCUT2D eigenvalue weighted by molar-refractivity contribution is 0.0626. The Balaban J connectivity index is 1.25. The molecular formula is C23H24N6O. The van der Waals surface area contributed by atoms with E-state index >= 15 is 0 Å². The molecule has 152 valence electrons. The summed E-state index contributed by atoms with van der Waals surface area (Å²) >= 11 is 0. The van der Waals surface area contributed by atoms with E-state index in [9.17, 15) is 4.79 Å². The normalized spacial score (nSPS) is 15.0. The maximum Gasteiger partial charge on any atom is 0.257 e. The van der Waals surface area contributed by atoms with Crippen LogP contribution in [0.1, 0.15) is 21.7 Å². The molecule has 5 rings (SSSR count). The Morgan fingerprint density at radius 1 is 0.967 bits per heavy atom. The van der Waals surface area contributed by atoms with Gasteiger partial charge in [-0.15, -0.1) is 0 Å². The molecule has 3 aromatic heterocycles. The Kier molecular flexibility index (Phi) is 4.80. The predicted molar refractivity (Wildman–Crippen MR) is 115 cm³/mol. The van der Waals surface area contributed by atoms with E-state index in [-0.39, 0.29) is 5.91 Å². The monoisotopic (exact) mass is 400 g/mol. The number of aromatic nitrogens is 4. The molecular weight excluding hydrogens is 376 g/mol. The maximum atomic E-state index is 13.1. The highest BCUT2D eigenvalue weighted by molar-refractivity contribution is 5.95. The zero-order valence-electron chi connectivity index (χ0n) is 17.0.